The maximum atomic E-state index is 13.8. The number of halogens is 2. The Kier molecular flexibility index (Phi) is 7.93. The number of hydrogen-bond donors (Lipinski definition) is 3. The largest absolute Gasteiger partial charge is 0.494 e. The second kappa shape index (κ2) is 11.4. The van der Waals surface area contributed by atoms with Crippen LogP contribution in [0.3, 0.4) is 0 Å². The fourth-order valence-corrected chi connectivity index (χ4v) is 4.74. The molecule has 2 aromatic carbocycles. The van der Waals surface area contributed by atoms with Crippen LogP contribution in [0.5, 0.6) is 17.2 Å². The molecule has 2 aliphatic rings. The Labute approximate surface area is 231 Å². The van der Waals surface area contributed by atoms with E-state index in [1.54, 1.807) is 36.4 Å². The molecule has 0 bridgehead atoms. The highest BCUT2D eigenvalue weighted by Gasteiger charge is 2.37. The third-order valence-electron chi connectivity index (χ3n) is 7.03. The number of aromatic nitrogens is 1. The van der Waals surface area contributed by atoms with Gasteiger partial charge in [0.2, 0.25) is 0 Å². The van der Waals surface area contributed by atoms with E-state index in [0.717, 1.165) is 25.9 Å². The van der Waals surface area contributed by atoms with Crippen LogP contribution in [0.25, 0.3) is 11.3 Å². The van der Waals surface area contributed by atoms with Gasteiger partial charge >= 0.3 is 0 Å². The van der Waals surface area contributed by atoms with Gasteiger partial charge in [-0.05, 0) is 86.8 Å². The van der Waals surface area contributed by atoms with E-state index in [2.05, 4.69) is 10.6 Å². The first kappa shape index (κ1) is 27.2. The Bertz CT molecular complexity index is 1360. The molecule has 1 saturated heterocycles. The van der Waals surface area contributed by atoms with Crippen molar-refractivity contribution in [3.8, 4) is 28.5 Å². The molecule has 5 rings (SSSR count). The van der Waals surface area contributed by atoms with Crippen molar-refractivity contribution in [2.24, 2.45) is 5.92 Å². The van der Waals surface area contributed by atoms with Gasteiger partial charge in [0.15, 0.2) is 11.5 Å². The van der Waals surface area contributed by atoms with Crippen LogP contribution in [0.15, 0.2) is 48.5 Å². The van der Waals surface area contributed by atoms with Crippen molar-refractivity contribution in [3.63, 3.8) is 0 Å². The van der Waals surface area contributed by atoms with Crippen molar-refractivity contribution < 1.29 is 28.5 Å². The molecule has 1 aliphatic carbocycles. The number of carbonyl (C=O) groups is 1. The van der Waals surface area contributed by atoms with Crippen molar-refractivity contribution in [3.05, 3.63) is 70.6 Å². The van der Waals surface area contributed by atoms with E-state index >= 15 is 0 Å². The average Bonchev–Trinajstić information content (AvgIpc) is 3.75. The minimum absolute atomic E-state index is 0.0474. The molecule has 1 atom stereocenters. The van der Waals surface area contributed by atoms with Gasteiger partial charge in [-0.1, -0.05) is 11.6 Å². The van der Waals surface area contributed by atoms with E-state index in [9.17, 15) is 14.3 Å². The molecular formula is C29H31ClFN3O5. The van der Waals surface area contributed by atoms with Gasteiger partial charge in [0.05, 0.1) is 37.6 Å². The van der Waals surface area contributed by atoms with E-state index in [1.165, 1.54) is 26.4 Å². The first-order valence-electron chi connectivity index (χ1n) is 12.9. The van der Waals surface area contributed by atoms with Gasteiger partial charge < -0.3 is 30.0 Å². The van der Waals surface area contributed by atoms with Crippen molar-refractivity contribution in [1.82, 2.24) is 15.6 Å². The molecule has 1 aromatic heterocycles. The number of ether oxygens (including phenoxy) is 3. The molecule has 1 unspecified atom stereocenters. The lowest BCUT2D eigenvalue weighted by molar-refractivity contribution is 0.000337. The van der Waals surface area contributed by atoms with Crippen LogP contribution >= 0.6 is 11.6 Å². The van der Waals surface area contributed by atoms with Crippen molar-refractivity contribution in [2.75, 3.05) is 33.9 Å². The number of hydrogen-bond acceptors (Lipinski definition) is 7. The number of nitrogens with one attached hydrogen (secondary N) is 2. The van der Waals surface area contributed by atoms with E-state index < -0.39 is 11.4 Å². The van der Waals surface area contributed by atoms with Crippen LogP contribution in [0, 0.1) is 11.7 Å². The average molecular weight is 556 g/mol. The van der Waals surface area contributed by atoms with E-state index in [0.29, 0.717) is 46.2 Å². The second-order valence-electron chi connectivity index (χ2n) is 10.0. The molecule has 3 N–H and O–H groups in total. The molecular weight excluding hydrogens is 525 g/mol. The summed E-state index contributed by atoms with van der Waals surface area (Å²) in [5, 5.41) is 18.0. The zero-order chi connectivity index (χ0) is 27.6. The van der Waals surface area contributed by atoms with Crippen molar-refractivity contribution in [1.29, 1.82) is 0 Å². The minimum Gasteiger partial charge on any atom is -0.494 e. The molecule has 2 fully saturated rings. The van der Waals surface area contributed by atoms with Crippen LogP contribution in [0.4, 0.5) is 4.39 Å². The van der Waals surface area contributed by atoms with Gasteiger partial charge in [-0.2, -0.15) is 0 Å². The summed E-state index contributed by atoms with van der Waals surface area (Å²) in [7, 11) is 3.04. The zero-order valence-electron chi connectivity index (χ0n) is 21.8. The third-order valence-corrected chi connectivity index (χ3v) is 7.32. The SMILES string of the molecule is COc1cc(C(=O)NCC(O)(CC2CNC2)c2ccc(OC)c(-c3ccc(F)c(Cl)c3)n2)ccc1OC1CC1. The number of carbonyl (C=O) groups excluding carboxylic acids is 1. The molecule has 1 saturated carbocycles. The topological polar surface area (TPSA) is 102 Å². The quantitative estimate of drug-likeness (QED) is 0.324. The van der Waals surface area contributed by atoms with Crippen LogP contribution in [-0.2, 0) is 5.60 Å². The Balaban J connectivity index is 1.41. The van der Waals surface area contributed by atoms with Crippen molar-refractivity contribution in [2.45, 2.75) is 31.0 Å². The Hall–Kier alpha value is -3.40. The molecule has 2 heterocycles. The third kappa shape index (κ3) is 6.11. The van der Waals surface area contributed by atoms with E-state index in [4.69, 9.17) is 30.8 Å². The number of aliphatic hydroxyl groups is 1. The first-order valence-corrected chi connectivity index (χ1v) is 13.2. The van der Waals surface area contributed by atoms with Gasteiger partial charge in [0.25, 0.3) is 5.91 Å². The maximum absolute atomic E-state index is 13.8. The Morgan fingerprint density at radius 2 is 1.85 bits per heavy atom. The molecule has 1 amide bonds. The van der Waals surface area contributed by atoms with Gasteiger partial charge in [-0.15, -0.1) is 0 Å². The van der Waals surface area contributed by atoms with Gasteiger partial charge in [-0.3, -0.25) is 4.79 Å². The van der Waals surface area contributed by atoms with Crippen molar-refractivity contribution >= 4 is 17.5 Å². The lowest BCUT2D eigenvalue weighted by Crippen LogP contribution is -2.49. The number of amides is 1. The predicted octanol–water partition coefficient (Wildman–Crippen LogP) is 4.33. The summed E-state index contributed by atoms with van der Waals surface area (Å²) in [5.41, 5.74) is 0.206. The standard InChI is InChI=1S/C29H31ClFN3O5/c1-37-24-9-10-26(34-27(24)18-3-7-22(31)21(30)11-18)29(36,13-17-14-32-15-17)16-33-28(35)19-4-8-23(25(12-19)38-2)39-20-5-6-20/h3-4,7-12,17,20,32,36H,5-6,13-16H2,1-2H3,(H,33,35). The summed E-state index contributed by atoms with van der Waals surface area (Å²) in [6, 6.07) is 12.7. The lowest BCUT2D eigenvalue weighted by Gasteiger charge is -2.36. The number of methoxy groups -OCH3 is 2. The summed E-state index contributed by atoms with van der Waals surface area (Å²) in [6.07, 6.45) is 2.59. The number of benzene rings is 2. The Morgan fingerprint density at radius 3 is 2.49 bits per heavy atom. The first-order chi connectivity index (χ1) is 18.8. The smallest absolute Gasteiger partial charge is 0.251 e. The highest BCUT2D eigenvalue weighted by molar-refractivity contribution is 6.31. The monoisotopic (exact) mass is 555 g/mol. The molecule has 8 nitrogen and oxygen atoms in total. The number of nitrogens with zero attached hydrogens (tertiary/aromatic N) is 1. The predicted molar refractivity (Wildman–Crippen MR) is 145 cm³/mol. The molecule has 10 heteroatoms. The maximum Gasteiger partial charge on any atom is 0.251 e. The molecule has 3 aromatic rings. The normalized spacial score (nSPS) is 16.6. The molecule has 1 aliphatic heterocycles. The fourth-order valence-electron chi connectivity index (χ4n) is 4.56. The summed E-state index contributed by atoms with van der Waals surface area (Å²) >= 11 is 6.02. The van der Waals surface area contributed by atoms with E-state index in [-0.39, 0.29) is 29.5 Å². The van der Waals surface area contributed by atoms with Crippen LogP contribution < -0.4 is 24.8 Å². The summed E-state index contributed by atoms with van der Waals surface area (Å²) in [5.74, 6) is 0.815. The number of pyridine rings is 1. The highest BCUT2D eigenvalue weighted by atomic mass is 35.5. The summed E-state index contributed by atoms with van der Waals surface area (Å²) < 4.78 is 30.6. The highest BCUT2D eigenvalue weighted by Crippen LogP contribution is 2.36. The molecule has 0 spiro atoms. The lowest BCUT2D eigenvalue weighted by atomic mass is 9.84. The van der Waals surface area contributed by atoms with Gasteiger partial charge in [0.1, 0.15) is 22.9 Å². The minimum atomic E-state index is -1.48. The molecule has 206 valence electrons. The summed E-state index contributed by atoms with van der Waals surface area (Å²) in [6.45, 7) is 1.44. The van der Waals surface area contributed by atoms with Crippen LogP contribution in [0.1, 0.15) is 35.3 Å². The molecule has 39 heavy (non-hydrogen) atoms. The second-order valence-corrected chi connectivity index (χ2v) is 10.4. The summed E-state index contributed by atoms with van der Waals surface area (Å²) in [4.78, 5) is 17.9. The molecule has 0 radical (unpaired) electrons. The fraction of sp³-hybridized carbons (Fsp3) is 0.379. The zero-order valence-corrected chi connectivity index (χ0v) is 22.6. The number of rotatable bonds is 11. The van der Waals surface area contributed by atoms with Crippen LogP contribution in [0.2, 0.25) is 5.02 Å². The van der Waals surface area contributed by atoms with Gasteiger partial charge in [0, 0.05) is 11.1 Å². The van der Waals surface area contributed by atoms with Crippen LogP contribution in [-0.4, -0.2) is 56.0 Å². The van der Waals surface area contributed by atoms with E-state index in [1.807, 2.05) is 0 Å². The Morgan fingerprint density at radius 1 is 1.10 bits per heavy atom. The van der Waals surface area contributed by atoms with Gasteiger partial charge in [-0.25, -0.2) is 9.37 Å².